The molecule has 0 saturated carbocycles. The molecule has 0 amide bonds. The number of hydrogen-bond acceptors (Lipinski definition) is 8. The molecule has 0 fully saturated rings. The fraction of sp³-hybridized carbons (Fsp3) is 0.421. The van der Waals surface area contributed by atoms with Gasteiger partial charge in [0.05, 0.1) is 31.8 Å². The van der Waals surface area contributed by atoms with E-state index < -0.39 is 35.3 Å². The van der Waals surface area contributed by atoms with Crippen LogP contribution in [0, 0.1) is 24.7 Å². The molecule has 0 heterocycles. The summed E-state index contributed by atoms with van der Waals surface area (Å²) in [6.45, 7) is 16.0. The SMILES string of the molecule is [CH2]C([CH2])(COCC(CO)(COC(=O)C=C)COC(=O)C=C)COC(=O)C=C. The molecule has 0 spiro atoms. The number of carbonyl (C=O) groups is 3. The molecule has 0 aromatic heterocycles. The lowest BCUT2D eigenvalue weighted by Gasteiger charge is -2.32. The number of rotatable bonds is 14. The first-order valence-electron chi connectivity index (χ1n) is 7.90. The lowest BCUT2D eigenvalue weighted by Crippen LogP contribution is -2.43. The van der Waals surface area contributed by atoms with Crippen LogP contribution in [0.2, 0.25) is 0 Å². The molecule has 27 heavy (non-hydrogen) atoms. The average Bonchev–Trinajstić information content (AvgIpc) is 2.67. The molecule has 0 aromatic carbocycles. The fourth-order valence-corrected chi connectivity index (χ4v) is 1.64. The standard InChI is InChI=1S/C19H26O8/c1-6-15(21)25-11-18(4,5)10-24-12-19(9-20,13-26-16(22)7-2)14-27-17(23)8-3/h6-8,20H,1-5,9-14H2. The van der Waals surface area contributed by atoms with E-state index in [4.69, 9.17) is 18.9 Å². The van der Waals surface area contributed by atoms with Gasteiger partial charge in [0.2, 0.25) is 0 Å². The second kappa shape index (κ2) is 12.0. The normalized spacial score (nSPS) is 11.2. The van der Waals surface area contributed by atoms with E-state index in [-0.39, 0.29) is 33.0 Å². The van der Waals surface area contributed by atoms with E-state index in [1.54, 1.807) is 0 Å². The zero-order valence-corrected chi connectivity index (χ0v) is 15.3. The zero-order chi connectivity index (χ0) is 20.9. The molecule has 0 bridgehead atoms. The van der Waals surface area contributed by atoms with Crippen molar-refractivity contribution >= 4 is 17.9 Å². The number of aliphatic hydroxyl groups excluding tert-OH is 1. The lowest BCUT2D eigenvalue weighted by molar-refractivity contribution is -0.155. The van der Waals surface area contributed by atoms with Gasteiger partial charge < -0.3 is 24.1 Å². The van der Waals surface area contributed by atoms with Gasteiger partial charge in [0.15, 0.2) is 0 Å². The molecule has 1 N–H and O–H groups in total. The number of hydrogen-bond donors (Lipinski definition) is 1. The van der Waals surface area contributed by atoms with Crippen LogP contribution in [-0.4, -0.2) is 62.7 Å². The summed E-state index contributed by atoms with van der Waals surface area (Å²) in [4.78, 5) is 33.7. The van der Waals surface area contributed by atoms with Gasteiger partial charge in [-0.1, -0.05) is 19.7 Å². The summed E-state index contributed by atoms with van der Waals surface area (Å²) in [5, 5.41) is 9.76. The Labute approximate surface area is 159 Å². The van der Waals surface area contributed by atoms with Gasteiger partial charge in [-0.15, -0.1) is 0 Å². The first-order valence-corrected chi connectivity index (χ1v) is 7.90. The molecule has 0 aliphatic heterocycles. The van der Waals surface area contributed by atoms with E-state index in [0.29, 0.717) is 0 Å². The van der Waals surface area contributed by atoms with Crippen LogP contribution in [0.15, 0.2) is 38.0 Å². The highest BCUT2D eigenvalue weighted by molar-refractivity contribution is 5.82. The molecule has 0 saturated heterocycles. The Morgan fingerprint density at radius 1 is 0.741 bits per heavy atom. The Hall–Kier alpha value is -2.45. The fourth-order valence-electron chi connectivity index (χ4n) is 1.64. The van der Waals surface area contributed by atoms with Crippen molar-refractivity contribution in [3.63, 3.8) is 0 Å². The van der Waals surface area contributed by atoms with Crippen LogP contribution >= 0.6 is 0 Å². The van der Waals surface area contributed by atoms with Gasteiger partial charge in [0.25, 0.3) is 0 Å². The van der Waals surface area contributed by atoms with Crippen molar-refractivity contribution < 1.29 is 38.4 Å². The topological polar surface area (TPSA) is 108 Å². The summed E-state index contributed by atoms with van der Waals surface area (Å²) >= 11 is 0. The van der Waals surface area contributed by atoms with Crippen molar-refractivity contribution in [1.82, 2.24) is 0 Å². The van der Waals surface area contributed by atoms with Crippen LogP contribution in [0.4, 0.5) is 0 Å². The summed E-state index contributed by atoms with van der Waals surface area (Å²) < 4.78 is 20.3. The van der Waals surface area contributed by atoms with E-state index in [9.17, 15) is 19.5 Å². The van der Waals surface area contributed by atoms with Crippen LogP contribution < -0.4 is 0 Å². The van der Waals surface area contributed by atoms with E-state index >= 15 is 0 Å². The molecule has 150 valence electrons. The molecular formula is C19H26O8. The van der Waals surface area contributed by atoms with Crippen molar-refractivity contribution in [2.75, 3.05) is 39.6 Å². The summed E-state index contributed by atoms with van der Waals surface area (Å²) in [6.07, 6.45) is 2.93. The van der Waals surface area contributed by atoms with Gasteiger partial charge in [0.1, 0.15) is 13.2 Å². The number of ether oxygens (including phenoxy) is 4. The average molecular weight is 382 g/mol. The van der Waals surface area contributed by atoms with Crippen LogP contribution in [0.5, 0.6) is 0 Å². The predicted molar refractivity (Wildman–Crippen MR) is 97.0 cm³/mol. The van der Waals surface area contributed by atoms with E-state index in [1.807, 2.05) is 0 Å². The predicted octanol–water partition coefficient (Wildman–Crippen LogP) is 0.824. The monoisotopic (exact) mass is 382 g/mol. The Kier molecular flexibility index (Phi) is 10.9. The number of aliphatic hydroxyl groups is 1. The van der Waals surface area contributed by atoms with Gasteiger partial charge in [-0.3, -0.25) is 0 Å². The van der Waals surface area contributed by atoms with Crippen LogP contribution in [0.3, 0.4) is 0 Å². The summed E-state index contributed by atoms with van der Waals surface area (Å²) in [5.41, 5.74) is -2.24. The minimum Gasteiger partial charge on any atom is -0.462 e. The molecule has 0 aliphatic rings. The van der Waals surface area contributed by atoms with Crippen molar-refractivity contribution in [3.05, 3.63) is 51.8 Å². The highest BCUT2D eigenvalue weighted by Crippen LogP contribution is 2.22. The van der Waals surface area contributed by atoms with Crippen LogP contribution in [0.25, 0.3) is 0 Å². The summed E-state index contributed by atoms with van der Waals surface area (Å²) in [7, 11) is 0. The van der Waals surface area contributed by atoms with Crippen molar-refractivity contribution in [1.29, 1.82) is 0 Å². The van der Waals surface area contributed by atoms with Crippen LogP contribution in [0.1, 0.15) is 0 Å². The van der Waals surface area contributed by atoms with Crippen LogP contribution in [-0.2, 0) is 33.3 Å². The van der Waals surface area contributed by atoms with Crippen molar-refractivity contribution in [2.24, 2.45) is 10.8 Å². The van der Waals surface area contributed by atoms with Gasteiger partial charge >= 0.3 is 17.9 Å². The second-order valence-corrected chi connectivity index (χ2v) is 6.09. The molecule has 8 nitrogen and oxygen atoms in total. The van der Waals surface area contributed by atoms with E-state index in [0.717, 1.165) is 18.2 Å². The third-order valence-corrected chi connectivity index (χ3v) is 3.21. The Balaban J connectivity index is 4.88. The van der Waals surface area contributed by atoms with Gasteiger partial charge in [-0.25, -0.2) is 14.4 Å². The molecule has 0 aromatic rings. The van der Waals surface area contributed by atoms with Crippen molar-refractivity contribution in [2.45, 2.75) is 0 Å². The van der Waals surface area contributed by atoms with Gasteiger partial charge in [-0.2, -0.15) is 0 Å². The lowest BCUT2D eigenvalue weighted by atomic mass is 9.91. The largest absolute Gasteiger partial charge is 0.462 e. The Bertz CT molecular complexity index is 526. The van der Waals surface area contributed by atoms with Crippen molar-refractivity contribution in [3.8, 4) is 0 Å². The summed E-state index contributed by atoms with van der Waals surface area (Å²) in [6, 6.07) is 0. The smallest absolute Gasteiger partial charge is 0.330 e. The third-order valence-electron chi connectivity index (χ3n) is 3.21. The van der Waals surface area contributed by atoms with Gasteiger partial charge in [-0.05, 0) is 13.8 Å². The quantitative estimate of drug-likeness (QED) is 0.267. The van der Waals surface area contributed by atoms with Gasteiger partial charge in [0, 0.05) is 23.6 Å². The second-order valence-electron chi connectivity index (χ2n) is 6.09. The molecular weight excluding hydrogens is 356 g/mol. The molecule has 0 atom stereocenters. The zero-order valence-electron chi connectivity index (χ0n) is 15.3. The first-order chi connectivity index (χ1) is 12.6. The maximum atomic E-state index is 11.3. The molecule has 0 unspecified atom stereocenters. The summed E-state index contributed by atoms with van der Waals surface area (Å²) in [5.74, 6) is -2.03. The maximum Gasteiger partial charge on any atom is 0.330 e. The molecule has 0 rings (SSSR count). The van der Waals surface area contributed by atoms with E-state index in [2.05, 4.69) is 33.6 Å². The van der Waals surface area contributed by atoms with E-state index in [1.165, 1.54) is 0 Å². The maximum absolute atomic E-state index is 11.3. The molecule has 0 aliphatic carbocycles. The Morgan fingerprint density at radius 2 is 1.15 bits per heavy atom. The first kappa shape index (κ1) is 24.6. The number of esters is 3. The molecule has 8 heteroatoms. The highest BCUT2D eigenvalue weighted by Gasteiger charge is 2.35. The molecule has 2 radical (unpaired) electrons. The minimum absolute atomic E-state index is 0.0516. The highest BCUT2D eigenvalue weighted by atomic mass is 16.6. The third kappa shape index (κ3) is 10.3. The Morgan fingerprint density at radius 3 is 1.52 bits per heavy atom. The number of carbonyl (C=O) groups excluding carboxylic acids is 3. The minimum atomic E-state index is -1.22.